The zero-order chi connectivity index (χ0) is 48.1. The quantitative estimate of drug-likeness (QED) is 0.137. The van der Waals surface area contributed by atoms with Crippen molar-refractivity contribution in [1.29, 1.82) is 0 Å². The molecule has 7 rings (SSSR count). The van der Waals surface area contributed by atoms with Crippen LogP contribution < -0.4 is 7.16 Å². The Balaban J connectivity index is 1.97. The van der Waals surface area contributed by atoms with Gasteiger partial charge in [-0.3, -0.25) is 0 Å². The number of hydroxylamine groups is 2. The van der Waals surface area contributed by atoms with E-state index in [-0.39, 0.29) is 46.1 Å². The van der Waals surface area contributed by atoms with Crippen molar-refractivity contribution in [3.8, 4) is 11.1 Å². The van der Waals surface area contributed by atoms with E-state index >= 15 is 0 Å². The first kappa shape index (κ1) is 49.7. The van der Waals surface area contributed by atoms with Crippen LogP contribution in [0.15, 0.2) is 91.0 Å². The number of hydrogen-bond donors (Lipinski definition) is 0. The molecular formula is C62H85NOSn. The monoisotopic (exact) mass is 980 g/mol. The van der Waals surface area contributed by atoms with Crippen LogP contribution in [-0.2, 0) is 17.4 Å². The molecular weight excluding hydrogens is 893 g/mol. The SMILES string of the molecule is CC(C)c1cc(C(C)C)[c]([Sn]2([c]3c(C(C)C)cc(C(C)C)cc3C(C)C)[O]N(C(C)(C)C)C(c3ccccc3)[C]23c2cc(C(C)(C)C)ccc2-c2ccc(C(C)(C)C)cc23)c(C(C)C)c1. The van der Waals surface area contributed by atoms with Crippen molar-refractivity contribution < 1.29 is 3.17 Å². The van der Waals surface area contributed by atoms with E-state index in [2.05, 4.69) is 241 Å². The molecule has 1 saturated heterocycles. The van der Waals surface area contributed by atoms with Crippen LogP contribution in [-0.4, -0.2) is 29.4 Å². The van der Waals surface area contributed by atoms with E-state index in [0.29, 0.717) is 11.8 Å². The summed E-state index contributed by atoms with van der Waals surface area (Å²) in [6, 6.07) is 37.4. The van der Waals surface area contributed by atoms with Gasteiger partial charge in [0.25, 0.3) is 0 Å². The Bertz CT molecular complexity index is 2350. The first-order chi connectivity index (χ1) is 30.1. The van der Waals surface area contributed by atoms with Gasteiger partial charge < -0.3 is 0 Å². The molecule has 5 aromatic rings. The standard InChI is InChI=1S/C32H39NO.2C15H23.Sn/c1-30(2,3)22-15-17-24-25-18-16-23(31(4,5)6)20-27(25)28(26(24)19-22)29(33(34)32(7,8)9)21-13-11-10-12-14-21;2*1-10(2)13-7-14(11(3)4)9-15(8-13)12(5)6;/h10-20,29H,1-9H3;2*7-8,10-12H,1-6H3;/q-1;;;+1. The van der Waals surface area contributed by atoms with E-state index in [0.717, 1.165) is 0 Å². The minimum absolute atomic E-state index is 0.0681. The average Bonchev–Trinajstić information content (AvgIpc) is 3.70. The second-order valence-electron chi connectivity index (χ2n) is 25.0. The van der Waals surface area contributed by atoms with Crippen molar-refractivity contribution in [2.45, 2.75) is 207 Å². The van der Waals surface area contributed by atoms with Crippen molar-refractivity contribution in [3.63, 3.8) is 0 Å². The third-order valence-corrected chi connectivity index (χ3v) is 29.2. The summed E-state index contributed by atoms with van der Waals surface area (Å²) >= 11 is -5.22. The fourth-order valence-corrected chi connectivity index (χ4v) is 31.3. The van der Waals surface area contributed by atoms with Crippen LogP contribution in [0.4, 0.5) is 0 Å². The van der Waals surface area contributed by atoms with Gasteiger partial charge in [0, 0.05) is 0 Å². The van der Waals surface area contributed by atoms with Gasteiger partial charge in [-0.1, -0.05) is 0 Å². The molecule has 1 unspecified atom stereocenters. The van der Waals surface area contributed by atoms with Crippen LogP contribution in [0.1, 0.15) is 248 Å². The molecule has 1 aliphatic heterocycles. The molecule has 0 saturated carbocycles. The van der Waals surface area contributed by atoms with Crippen LogP contribution in [0.5, 0.6) is 0 Å². The van der Waals surface area contributed by atoms with E-state index in [1.807, 2.05) is 0 Å². The van der Waals surface area contributed by atoms with Crippen LogP contribution in [0.3, 0.4) is 0 Å². The van der Waals surface area contributed by atoms with Gasteiger partial charge in [-0.05, 0) is 0 Å². The molecule has 1 spiro atoms. The van der Waals surface area contributed by atoms with Crippen molar-refractivity contribution in [2.24, 2.45) is 0 Å². The summed E-state index contributed by atoms with van der Waals surface area (Å²) in [5.41, 5.74) is 18.1. The number of rotatable bonds is 9. The maximum absolute atomic E-state index is 9.06. The number of benzene rings is 5. The Morgan fingerprint density at radius 1 is 0.462 bits per heavy atom. The summed E-state index contributed by atoms with van der Waals surface area (Å²) in [6.07, 6.45) is 0. The number of fused-ring (bicyclic) bond motifs is 5. The maximum atomic E-state index is 9.06. The molecule has 2 aliphatic rings. The van der Waals surface area contributed by atoms with Crippen LogP contribution in [0, 0.1) is 0 Å². The molecule has 1 fully saturated rings. The Hall–Kier alpha value is -3.18. The van der Waals surface area contributed by atoms with Gasteiger partial charge in [0.1, 0.15) is 0 Å². The van der Waals surface area contributed by atoms with Crippen molar-refractivity contribution in [3.05, 3.63) is 152 Å². The minimum atomic E-state index is -5.22. The molecule has 0 bridgehead atoms. The summed E-state index contributed by atoms with van der Waals surface area (Å²) in [7, 11) is 0. The second-order valence-corrected chi connectivity index (χ2v) is 34.5. The summed E-state index contributed by atoms with van der Waals surface area (Å²) in [5, 5.41) is 2.60. The molecule has 0 aromatic heterocycles. The van der Waals surface area contributed by atoms with Gasteiger partial charge in [-0.15, -0.1) is 0 Å². The Morgan fingerprint density at radius 3 is 1.11 bits per heavy atom. The van der Waals surface area contributed by atoms with Crippen molar-refractivity contribution in [2.75, 3.05) is 0 Å². The van der Waals surface area contributed by atoms with E-state index in [9.17, 15) is 0 Å². The Labute approximate surface area is 401 Å². The van der Waals surface area contributed by atoms with Crippen molar-refractivity contribution >= 4 is 25.9 Å². The van der Waals surface area contributed by atoms with Crippen LogP contribution >= 0.6 is 0 Å². The third-order valence-electron chi connectivity index (χ3n) is 15.1. The first-order valence-corrected chi connectivity index (χ1v) is 30.7. The number of nitrogens with zero attached hydrogens (tertiary/aromatic N) is 1. The molecule has 65 heavy (non-hydrogen) atoms. The molecule has 5 aromatic carbocycles. The third kappa shape index (κ3) is 8.14. The normalized spacial score (nSPS) is 17.5. The van der Waals surface area contributed by atoms with Crippen LogP contribution in [0.25, 0.3) is 11.1 Å². The molecule has 348 valence electrons. The van der Waals surface area contributed by atoms with Gasteiger partial charge in [-0.25, -0.2) is 0 Å². The zero-order valence-electron chi connectivity index (χ0n) is 44.6. The summed E-state index contributed by atoms with van der Waals surface area (Å²) in [4.78, 5) is 0. The van der Waals surface area contributed by atoms with Gasteiger partial charge in [0.05, 0.1) is 0 Å². The molecule has 0 amide bonds. The average molecular weight is 979 g/mol. The Morgan fingerprint density at radius 2 is 0.815 bits per heavy atom. The van der Waals surface area contributed by atoms with E-state index < -0.39 is 22.2 Å². The Kier molecular flexibility index (Phi) is 13.3. The van der Waals surface area contributed by atoms with E-state index in [1.165, 1.54) is 72.3 Å². The predicted molar refractivity (Wildman–Crippen MR) is 284 cm³/mol. The second kappa shape index (κ2) is 17.4. The van der Waals surface area contributed by atoms with Gasteiger partial charge in [-0.2, -0.15) is 0 Å². The van der Waals surface area contributed by atoms with E-state index in [1.54, 1.807) is 7.16 Å². The predicted octanol–water partition coefficient (Wildman–Crippen LogP) is 16.4. The van der Waals surface area contributed by atoms with Gasteiger partial charge in [0.15, 0.2) is 0 Å². The van der Waals surface area contributed by atoms with E-state index in [4.69, 9.17) is 3.17 Å². The number of hydrogen-bond acceptors (Lipinski definition) is 2. The van der Waals surface area contributed by atoms with Crippen LogP contribution in [0.2, 0.25) is 0 Å². The topological polar surface area (TPSA) is 12.5 Å². The molecule has 1 aliphatic carbocycles. The summed E-state index contributed by atoms with van der Waals surface area (Å²) in [6.45, 7) is 50.9. The summed E-state index contributed by atoms with van der Waals surface area (Å²) < 4.78 is 11.6. The first-order valence-electron chi connectivity index (χ1n) is 25.3. The molecule has 2 nitrogen and oxygen atoms in total. The molecule has 0 N–H and O–H groups in total. The summed E-state index contributed by atoms with van der Waals surface area (Å²) in [5.74, 6) is 1.89. The molecule has 1 atom stereocenters. The van der Waals surface area contributed by atoms with Gasteiger partial charge in [0.2, 0.25) is 0 Å². The van der Waals surface area contributed by atoms with Gasteiger partial charge >= 0.3 is 404 Å². The molecule has 3 heteroatoms. The molecule has 0 radical (unpaired) electrons. The fraction of sp³-hybridized carbons (Fsp3) is 0.516. The van der Waals surface area contributed by atoms with Crippen molar-refractivity contribution in [1.82, 2.24) is 5.06 Å². The fourth-order valence-electron chi connectivity index (χ4n) is 11.5. The zero-order valence-corrected chi connectivity index (χ0v) is 47.4. The molecule has 1 heterocycles.